The van der Waals surface area contributed by atoms with Crippen molar-refractivity contribution < 1.29 is 4.39 Å². The van der Waals surface area contributed by atoms with Crippen molar-refractivity contribution >= 4 is 10.9 Å². The fraction of sp³-hybridized carbons (Fsp3) is 0.182. The molecular weight excluding hydrogens is 429 g/mol. The Morgan fingerprint density at radius 1 is 0.657 bits per heavy atom. The van der Waals surface area contributed by atoms with E-state index in [1.807, 2.05) is 6.07 Å². The highest BCUT2D eigenvalue weighted by Gasteiger charge is 2.17. The third-order valence-corrected chi connectivity index (χ3v) is 7.26. The Kier molecular flexibility index (Phi) is 5.45. The lowest BCUT2D eigenvalue weighted by Crippen LogP contribution is -2.02. The van der Waals surface area contributed by atoms with Crippen molar-refractivity contribution in [3.63, 3.8) is 0 Å². The third-order valence-electron chi connectivity index (χ3n) is 7.26. The van der Waals surface area contributed by atoms with Crippen molar-refractivity contribution in [1.82, 2.24) is 4.98 Å². The predicted molar refractivity (Wildman–Crippen MR) is 143 cm³/mol. The van der Waals surface area contributed by atoms with Crippen LogP contribution in [-0.2, 0) is 25.7 Å². The molecule has 0 radical (unpaired) electrons. The SMILES string of the molecule is Cc1cc(C)c2cc(-c3cccc(F)c3)c(-c3cc4ccc3CCc3ccc(cc3)CC4)nc2c1. The van der Waals surface area contributed by atoms with E-state index in [0.29, 0.717) is 0 Å². The Morgan fingerprint density at radius 2 is 1.37 bits per heavy atom. The van der Waals surface area contributed by atoms with E-state index in [0.717, 1.165) is 59.0 Å². The molecule has 5 aromatic rings. The summed E-state index contributed by atoms with van der Waals surface area (Å²) in [6.07, 6.45) is 3.91. The van der Waals surface area contributed by atoms with E-state index in [1.54, 1.807) is 12.1 Å². The van der Waals surface area contributed by atoms with Crippen molar-refractivity contribution in [2.75, 3.05) is 0 Å². The highest BCUT2D eigenvalue weighted by Crippen LogP contribution is 2.37. The molecule has 1 heterocycles. The van der Waals surface area contributed by atoms with Crippen molar-refractivity contribution in [3.05, 3.63) is 124 Å². The standard InChI is InChI=1S/C33H28FN/c1-21-16-22(2)29-20-31(27-4-3-5-28(34)19-27)33(35-32(29)17-21)30-18-25-11-10-23-6-8-24(9-7-23)12-14-26(30)15-13-25/h3-9,13,15-20H,10-12,14H2,1-2H3. The van der Waals surface area contributed by atoms with Gasteiger partial charge in [-0.2, -0.15) is 0 Å². The van der Waals surface area contributed by atoms with Crippen LogP contribution in [-0.4, -0.2) is 4.98 Å². The first kappa shape index (κ1) is 21.7. The number of nitrogens with zero attached hydrogens (tertiary/aromatic N) is 1. The highest BCUT2D eigenvalue weighted by molar-refractivity contribution is 5.94. The molecule has 0 saturated carbocycles. The second kappa shape index (κ2) is 8.78. The Morgan fingerprint density at radius 3 is 2.14 bits per heavy atom. The van der Waals surface area contributed by atoms with Gasteiger partial charge in [-0.3, -0.25) is 0 Å². The lowest BCUT2D eigenvalue weighted by atomic mass is 9.89. The van der Waals surface area contributed by atoms with Gasteiger partial charge in [0.1, 0.15) is 5.82 Å². The molecule has 0 spiro atoms. The van der Waals surface area contributed by atoms with Gasteiger partial charge < -0.3 is 0 Å². The smallest absolute Gasteiger partial charge is 0.123 e. The molecule has 4 aliphatic rings. The Hall–Kier alpha value is -3.78. The van der Waals surface area contributed by atoms with Crippen LogP contribution in [0.1, 0.15) is 33.4 Å². The number of rotatable bonds is 2. The third kappa shape index (κ3) is 4.25. The lowest BCUT2D eigenvalue weighted by Gasteiger charge is -2.18. The highest BCUT2D eigenvalue weighted by atomic mass is 19.1. The van der Waals surface area contributed by atoms with E-state index in [1.165, 1.54) is 39.4 Å². The molecular formula is C33H28FN. The minimum absolute atomic E-state index is 0.228. The Balaban J connectivity index is 1.60. The molecule has 0 aliphatic heterocycles. The first-order valence-corrected chi connectivity index (χ1v) is 12.4. The minimum atomic E-state index is -0.228. The summed E-state index contributed by atoms with van der Waals surface area (Å²) in [6, 6.07) is 29.4. The van der Waals surface area contributed by atoms with Crippen LogP contribution in [0.25, 0.3) is 33.3 Å². The zero-order valence-electron chi connectivity index (χ0n) is 20.2. The van der Waals surface area contributed by atoms with E-state index in [4.69, 9.17) is 4.98 Å². The number of benzene rings is 4. The van der Waals surface area contributed by atoms with Crippen LogP contribution < -0.4 is 0 Å². The minimum Gasteiger partial charge on any atom is -0.247 e. The number of hydrogen-bond acceptors (Lipinski definition) is 1. The fourth-order valence-corrected chi connectivity index (χ4v) is 5.37. The lowest BCUT2D eigenvalue weighted by molar-refractivity contribution is 0.628. The molecule has 0 saturated heterocycles. The van der Waals surface area contributed by atoms with Gasteiger partial charge in [-0.15, -0.1) is 0 Å². The molecule has 2 heteroatoms. The molecule has 0 fully saturated rings. The van der Waals surface area contributed by atoms with Crippen molar-refractivity contribution in [3.8, 4) is 22.4 Å². The molecule has 0 N–H and O–H groups in total. The Labute approximate surface area is 206 Å². The zero-order chi connectivity index (χ0) is 23.9. The van der Waals surface area contributed by atoms with Crippen LogP contribution in [0.4, 0.5) is 4.39 Å². The maximum Gasteiger partial charge on any atom is 0.123 e. The first-order chi connectivity index (χ1) is 17.0. The second-order valence-electron chi connectivity index (χ2n) is 9.85. The topological polar surface area (TPSA) is 12.9 Å². The number of fused-ring (bicyclic) bond motifs is 1. The van der Waals surface area contributed by atoms with Gasteiger partial charge in [0.15, 0.2) is 0 Å². The number of hydrogen-bond donors (Lipinski definition) is 0. The second-order valence-corrected chi connectivity index (χ2v) is 9.85. The van der Waals surface area contributed by atoms with Crippen molar-refractivity contribution in [1.29, 1.82) is 0 Å². The quantitative estimate of drug-likeness (QED) is 0.260. The molecule has 0 atom stereocenters. The van der Waals surface area contributed by atoms with E-state index in [-0.39, 0.29) is 5.82 Å². The van der Waals surface area contributed by atoms with Crippen LogP contribution in [0, 0.1) is 19.7 Å². The molecule has 35 heavy (non-hydrogen) atoms. The largest absolute Gasteiger partial charge is 0.247 e. The molecule has 0 amide bonds. The average molecular weight is 458 g/mol. The van der Waals surface area contributed by atoms with Crippen LogP contribution >= 0.6 is 0 Å². The molecule has 1 nitrogen and oxygen atoms in total. The summed E-state index contributed by atoms with van der Waals surface area (Å²) in [6.45, 7) is 4.24. The van der Waals surface area contributed by atoms with E-state index in [9.17, 15) is 4.39 Å². The van der Waals surface area contributed by atoms with Crippen molar-refractivity contribution in [2.45, 2.75) is 39.5 Å². The van der Waals surface area contributed by atoms with Crippen LogP contribution in [0.2, 0.25) is 0 Å². The van der Waals surface area contributed by atoms with Gasteiger partial charge in [0.05, 0.1) is 11.2 Å². The predicted octanol–water partition coefficient (Wildman–Crippen LogP) is 8.21. The summed E-state index contributed by atoms with van der Waals surface area (Å²) in [5.74, 6) is -0.228. The summed E-state index contributed by atoms with van der Waals surface area (Å²) in [4.78, 5) is 5.26. The van der Waals surface area contributed by atoms with Gasteiger partial charge in [0.25, 0.3) is 0 Å². The number of pyridine rings is 1. The Bertz CT molecular complexity index is 1560. The summed E-state index contributed by atoms with van der Waals surface area (Å²) >= 11 is 0. The van der Waals surface area contributed by atoms with E-state index >= 15 is 0 Å². The molecule has 4 aromatic carbocycles. The van der Waals surface area contributed by atoms with Gasteiger partial charge >= 0.3 is 0 Å². The molecule has 1 aromatic heterocycles. The summed E-state index contributed by atoms with van der Waals surface area (Å²) in [7, 11) is 0. The number of aromatic nitrogens is 1. The van der Waals surface area contributed by atoms with Crippen molar-refractivity contribution in [2.24, 2.45) is 0 Å². The summed E-state index contributed by atoms with van der Waals surface area (Å²) in [5, 5.41) is 1.12. The maximum absolute atomic E-state index is 14.3. The van der Waals surface area contributed by atoms with Gasteiger partial charge in [-0.05, 0) is 109 Å². The number of halogens is 1. The molecule has 4 aliphatic carbocycles. The monoisotopic (exact) mass is 457 g/mol. The molecule has 4 bridgehead atoms. The first-order valence-electron chi connectivity index (χ1n) is 12.4. The fourth-order valence-electron chi connectivity index (χ4n) is 5.37. The van der Waals surface area contributed by atoms with Gasteiger partial charge in [-0.25, -0.2) is 9.37 Å². The zero-order valence-corrected chi connectivity index (χ0v) is 20.2. The van der Waals surface area contributed by atoms with Crippen LogP contribution in [0.5, 0.6) is 0 Å². The van der Waals surface area contributed by atoms with Gasteiger partial charge in [0, 0.05) is 16.5 Å². The molecule has 172 valence electrons. The normalized spacial score (nSPS) is 13.1. The van der Waals surface area contributed by atoms with E-state index in [2.05, 4.69) is 74.5 Å². The molecule has 0 unspecified atom stereocenters. The van der Waals surface area contributed by atoms with Gasteiger partial charge in [0.2, 0.25) is 0 Å². The average Bonchev–Trinajstić information content (AvgIpc) is 2.85. The summed E-state index contributed by atoms with van der Waals surface area (Å²) in [5.41, 5.74) is 12.6. The number of aryl methyl sites for hydroxylation is 6. The summed E-state index contributed by atoms with van der Waals surface area (Å²) < 4.78 is 14.3. The van der Waals surface area contributed by atoms with Gasteiger partial charge in [-0.1, -0.05) is 54.6 Å². The maximum atomic E-state index is 14.3. The van der Waals surface area contributed by atoms with E-state index < -0.39 is 0 Å². The molecule has 9 rings (SSSR count). The van der Waals surface area contributed by atoms with Crippen LogP contribution in [0.3, 0.4) is 0 Å². The van der Waals surface area contributed by atoms with Crippen LogP contribution in [0.15, 0.2) is 84.9 Å².